The first-order chi connectivity index (χ1) is 17.6. The summed E-state index contributed by atoms with van der Waals surface area (Å²) in [4.78, 5) is 4.79. The van der Waals surface area contributed by atoms with Crippen LogP contribution in [0.4, 0.5) is 0 Å². The van der Waals surface area contributed by atoms with E-state index in [9.17, 15) is 10.2 Å². The van der Waals surface area contributed by atoms with Crippen LogP contribution in [0.15, 0.2) is 97.1 Å². The largest absolute Gasteiger partial charge is 0.508 e. The Kier molecular flexibility index (Phi) is 7.65. The Bertz CT molecular complexity index is 1170. The van der Waals surface area contributed by atoms with Crippen LogP contribution in [0.5, 0.6) is 11.5 Å². The molecule has 4 bridgehead atoms. The highest BCUT2D eigenvalue weighted by atomic mass is 16.3. The van der Waals surface area contributed by atoms with E-state index in [1.54, 1.807) is 0 Å². The average Bonchev–Trinajstić information content (AvgIpc) is 2.90. The molecule has 1 heterocycles. The van der Waals surface area contributed by atoms with Crippen LogP contribution in [0, 0.1) is 0 Å². The summed E-state index contributed by atoms with van der Waals surface area (Å²) < 4.78 is 0. The molecule has 0 fully saturated rings. The van der Waals surface area contributed by atoms with Gasteiger partial charge in [-0.2, -0.15) is 0 Å². The molecule has 4 aromatic carbocycles. The molecule has 1 aliphatic heterocycles. The number of phenols is 2. The van der Waals surface area contributed by atoms with Crippen molar-refractivity contribution >= 4 is 0 Å². The van der Waals surface area contributed by atoms with Gasteiger partial charge in [-0.15, -0.1) is 0 Å². The van der Waals surface area contributed by atoms with Crippen molar-refractivity contribution in [2.24, 2.45) is 0 Å². The summed E-state index contributed by atoms with van der Waals surface area (Å²) in [6, 6.07) is 33.1. The molecule has 0 unspecified atom stereocenters. The van der Waals surface area contributed by atoms with Crippen LogP contribution >= 0.6 is 0 Å². The van der Waals surface area contributed by atoms with Gasteiger partial charge in [0, 0.05) is 50.4 Å². The minimum atomic E-state index is 0.358. The SMILES string of the molecule is Oc1ccc2cc1CN(Cc1ccccc1)CCc1ccc(O)c(c1)CN(Cc1ccccc1)CC2. The normalized spacial score (nSPS) is 15.3. The predicted molar refractivity (Wildman–Crippen MR) is 145 cm³/mol. The summed E-state index contributed by atoms with van der Waals surface area (Å²) in [6.45, 7) is 4.73. The molecule has 0 atom stereocenters. The van der Waals surface area contributed by atoms with Crippen LogP contribution in [0.2, 0.25) is 0 Å². The lowest BCUT2D eigenvalue weighted by molar-refractivity contribution is 0.251. The Morgan fingerprint density at radius 2 is 0.944 bits per heavy atom. The highest BCUT2D eigenvalue weighted by Crippen LogP contribution is 2.26. The van der Waals surface area contributed by atoms with E-state index < -0.39 is 0 Å². The van der Waals surface area contributed by atoms with E-state index in [4.69, 9.17) is 0 Å². The minimum absolute atomic E-state index is 0.358. The lowest BCUT2D eigenvalue weighted by Gasteiger charge is -2.26. The molecule has 1 aliphatic rings. The molecule has 0 spiro atoms. The van der Waals surface area contributed by atoms with Crippen molar-refractivity contribution in [2.75, 3.05) is 13.1 Å². The van der Waals surface area contributed by atoms with Gasteiger partial charge in [0.1, 0.15) is 11.5 Å². The standard InChI is InChI=1S/C32H34N2O2/c35-31-13-12-26-16-18-34(22-28-9-5-2-6-10-28)24-30-20-25(11-14-32(30)36)15-17-33(23-29(31)19-26)21-27-7-3-1-4-8-27/h1-14,19-20,35-36H,15-18,21-24H2. The summed E-state index contributed by atoms with van der Waals surface area (Å²) in [6.07, 6.45) is 1.75. The first kappa shape index (κ1) is 24.1. The van der Waals surface area contributed by atoms with Gasteiger partial charge in [-0.05, 0) is 47.2 Å². The number of hydrogen-bond donors (Lipinski definition) is 2. The van der Waals surface area contributed by atoms with Crippen molar-refractivity contribution in [2.45, 2.75) is 39.0 Å². The second-order valence-corrected chi connectivity index (χ2v) is 9.82. The van der Waals surface area contributed by atoms with Gasteiger partial charge >= 0.3 is 0 Å². The van der Waals surface area contributed by atoms with Gasteiger partial charge in [-0.3, -0.25) is 9.80 Å². The van der Waals surface area contributed by atoms with Gasteiger partial charge in [-0.1, -0.05) is 84.9 Å². The highest BCUT2D eigenvalue weighted by molar-refractivity contribution is 5.38. The fourth-order valence-corrected chi connectivity index (χ4v) is 5.01. The lowest BCUT2D eigenvalue weighted by atomic mass is 10.0. The maximum absolute atomic E-state index is 10.7. The zero-order valence-corrected chi connectivity index (χ0v) is 20.7. The van der Waals surface area contributed by atoms with Crippen molar-refractivity contribution in [3.63, 3.8) is 0 Å². The molecule has 2 N–H and O–H groups in total. The molecule has 0 saturated carbocycles. The highest BCUT2D eigenvalue weighted by Gasteiger charge is 2.16. The van der Waals surface area contributed by atoms with Gasteiger partial charge < -0.3 is 10.2 Å². The zero-order valence-electron chi connectivity index (χ0n) is 20.7. The molecule has 0 radical (unpaired) electrons. The summed E-state index contributed by atoms with van der Waals surface area (Å²) in [5, 5.41) is 21.4. The fraction of sp³-hybridized carbons (Fsp3) is 0.250. The number of fused-ring (bicyclic) bond motifs is 4. The number of nitrogens with zero attached hydrogens (tertiary/aromatic N) is 2. The summed E-state index contributed by atoms with van der Waals surface area (Å²) in [7, 11) is 0. The van der Waals surface area contributed by atoms with Gasteiger partial charge in [0.25, 0.3) is 0 Å². The quantitative estimate of drug-likeness (QED) is 0.383. The molecule has 0 aliphatic carbocycles. The van der Waals surface area contributed by atoms with Crippen LogP contribution in [0.3, 0.4) is 0 Å². The summed E-state index contributed by atoms with van der Waals surface area (Å²) in [5.41, 5.74) is 6.91. The molecule has 36 heavy (non-hydrogen) atoms. The number of rotatable bonds is 4. The van der Waals surface area contributed by atoms with Gasteiger partial charge in [-0.25, -0.2) is 0 Å². The smallest absolute Gasteiger partial charge is 0.120 e. The molecule has 0 saturated heterocycles. The van der Waals surface area contributed by atoms with Gasteiger partial charge in [0.15, 0.2) is 0 Å². The molecule has 4 aromatic rings. The van der Waals surface area contributed by atoms with E-state index in [0.717, 1.165) is 50.1 Å². The maximum atomic E-state index is 10.7. The summed E-state index contributed by atoms with van der Waals surface area (Å²) in [5.74, 6) is 0.717. The Hall–Kier alpha value is -3.60. The first-order valence-corrected chi connectivity index (χ1v) is 12.8. The van der Waals surface area contributed by atoms with Crippen LogP contribution in [-0.4, -0.2) is 33.1 Å². The monoisotopic (exact) mass is 478 g/mol. The lowest BCUT2D eigenvalue weighted by Crippen LogP contribution is -2.27. The van der Waals surface area contributed by atoms with Crippen molar-refractivity contribution in [1.29, 1.82) is 0 Å². The Labute approximate surface area is 214 Å². The molecule has 0 aromatic heterocycles. The minimum Gasteiger partial charge on any atom is -0.508 e. The average molecular weight is 479 g/mol. The Morgan fingerprint density at radius 1 is 0.528 bits per heavy atom. The zero-order chi connectivity index (χ0) is 24.7. The number of benzene rings is 4. The molecule has 0 amide bonds. The van der Waals surface area contributed by atoms with E-state index in [1.165, 1.54) is 22.3 Å². The second kappa shape index (κ2) is 11.4. The number of hydrogen-bond acceptors (Lipinski definition) is 4. The first-order valence-electron chi connectivity index (χ1n) is 12.8. The Morgan fingerprint density at radius 3 is 1.36 bits per heavy atom. The predicted octanol–water partition coefficient (Wildman–Crippen LogP) is 5.90. The second-order valence-electron chi connectivity index (χ2n) is 9.82. The van der Waals surface area contributed by atoms with Crippen LogP contribution in [-0.2, 0) is 39.0 Å². The molecular weight excluding hydrogens is 444 g/mol. The van der Waals surface area contributed by atoms with Crippen LogP contribution < -0.4 is 0 Å². The fourth-order valence-electron chi connectivity index (χ4n) is 5.01. The molecule has 4 heteroatoms. The van der Waals surface area contributed by atoms with Gasteiger partial charge in [0.2, 0.25) is 0 Å². The topological polar surface area (TPSA) is 46.9 Å². The van der Waals surface area contributed by atoms with Crippen LogP contribution in [0.1, 0.15) is 33.4 Å². The van der Waals surface area contributed by atoms with E-state index in [2.05, 4.69) is 70.5 Å². The third kappa shape index (κ3) is 6.34. The molecule has 5 rings (SSSR count). The number of phenolic OH excluding ortho intramolecular Hbond substituents is 2. The van der Waals surface area contributed by atoms with E-state index in [1.807, 2.05) is 36.4 Å². The van der Waals surface area contributed by atoms with Crippen molar-refractivity contribution < 1.29 is 10.2 Å². The van der Waals surface area contributed by atoms with Gasteiger partial charge in [0.05, 0.1) is 0 Å². The van der Waals surface area contributed by atoms with E-state index >= 15 is 0 Å². The van der Waals surface area contributed by atoms with Crippen molar-refractivity contribution in [3.8, 4) is 11.5 Å². The Balaban J connectivity index is 1.45. The van der Waals surface area contributed by atoms with Crippen molar-refractivity contribution in [1.82, 2.24) is 9.80 Å². The molecule has 184 valence electrons. The molecular formula is C32H34N2O2. The van der Waals surface area contributed by atoms with E-state index in [-0.39, 0.29) is 0 Å². The third-order valence-electron chi connectivity index (χ3n) is 7.01. The number of aromatic hydroxyl groups is 2. The summed E-state index contributed by atoms with van der Waals surface area (Å²) >= 11 is 0. The van der Waals surface area contributed by atoms with Crippen molar-refractivity contribution in [3.05, 3.63) is 130 Å². The third-order valence-corrected chi connectivity index (χ3v) is 7.01. The molecule has 4 nitrogen and oxygen atoms in total. The van der Waals surface area contributed by atoms with E-state index in [0.29, 0.717) is 24.6 Å². The van der Waals surface area contributed by atoms with Crippen LogP contribution in [0.25, 0.3) is 0 Å². The maximum Gasteiger partial charge on any atom is 0.120 e.